The fourth-order valence-corrected chi connectivity index (χ4v) is 6.13. The molecular formula is C20H23FN2OSi. The first kappa shape index (κ1) is 17.7. The summed E-state index contributed by atoms with van der Waals surface area (Å²) < 4.78 is 21.9. The van der Waals surface area contributed by atoms with Gasteiger partial charge in [-0.25, -0.2) is 0 Å². The lowest BCUT2D eigenvalue weighted by Gasteiger charge is -2.31. The van der Waals surface area contributed by atoms with Gasteiger partial charge in [-0.3, -0.25) is 4.11 Å². The molecule has 0 aromatic heterocycles. The monoisotopic (exact) mass is 354 g/mol. The minimum Gasteiger partial charge on any atom is -0.388 e. The van der Waals surface area contributed by atoms with Crippen LogP contribution in [0.5, 0.6) is 0 Å². The number of hydrogen-bond acceptors (Lipinski definition) is 3. The van der Waals surface area contributed by atoms with Crippen molar-refractivity contribution < 1.29 is 8.53 Å². The second-order valence-corrected chi connectivity index (χ2v) is 8.96. The first-order valence-corrected chi connectivity index (χ1v) is 10.7. The zero-order chi connectivity index (χ0) is 17.5. The standard InChI is InChI=1S/C20H23FN2OSi/c1-2-24-25(21,18-13-7-4-8-14-18)20-16-10-9-15-19(20)23-22-17-11-5-3-6-12-17/h3,5-7,9-13,15-16,18H,2,4,8,14H2,1H3/t18?,25-/m1/s1. The van der Waals surface area contributed by atoms with Crippen LogP contribution in [0.2, 0.25) is 5.54 Å². The molecule has 0 aliphatic heterocycles. The predicted molar refractivity (Wildman–Crippen MR) is 102 cm³/mol. The van der Waals surface area contributed by atoms with Gasteiger partial charge in [0.2, 0.25) is 0 Å². The zero-order valence-corrected chi connectivity index (χ0v) is 15.4. The van der Waals surface area contributed by atoms with E-state index >= 15 is 4.11 Å². The van der Waals surface area contributed by atoms with Crippen LogP contribution in [0.1, 0.15) is 26.2 Å². The Morgan fingerprint density at radius 1 is 1.08 bits per heavy atom. The van der Waals surface area contributed by atoms with Gasteiger partial charge >= 0.3 is 8.65 Å². The van der Waals surface area contributed by atoms with Gasteiger partial charge in [0.15, 0.2) is 0 Å². The smallest absolute Gasteiger partial charge is 0.388 e. The van der Waals surface area contributed by atoms with Crippen molar-refractivity contribution in [1.82, 2.24) is 0 Å². The third kappa shape index (κ3) is 4.11. The van der Waals surface area contributed by atoms with Crippen LogP contribution in [0, 0.1) is 0 Å². The molecule has 0 fully saturated rings. The van der Waals surface area contributed by atoms with E-state index in [9.17, 15) is 0 Å². The Kier molecular flexibility index (Phi) is 5.89. The Labute approximate surface area is 149 Å². The molecule has 1 unspecified atom stereocenters. The predicted octanol–water partition coefficient (Wildman–Crippen LogP) is 5.87. The highest BCUT2D eigenvalue weighted by molar-refractivity contribution is 6.83. The van der Waals surface area contributed by atoms with Gasteiger partial charge in [0.05, 0.1) is 11.4 Å². The van der Waals surface area contributed by atoms with Crippen molar-refractivity contribution >= 4 is 25.2 Å². The van der Waals surface area contributed by atoms with E-state index in [-0.39, 0.29) is 5.54 Å². The van der Waals surface area contributed by atoms with Gasteiger partial charge in [0.1, 0.15) is 0 Å². The van der Waals surface area contributed by atoms with Crippen LogP contribution in [-0.2, 0) is 4.43 Å². The summed E-state index contributed by atoms with van der Waals surface area (Å²) in [5, 5.41) is 9.18. The number of nitrogens with zero attached hydrogens (tertiary/aromatic N) is 2. The molecule has 3 rings (SSSR count). The van der Waals surface area contributed by atoms with Crippen LogP contribution in [0.4, 0.5) is 15.5 Å². The molecule has 0 spiro atoms. The third-order valence-electron chi connectivity index (χ3n) is 4.39. The van der Waals surface area contributed by atoms with Crippen molar-refractivity contribution in [2.24, 2.45) is 10.2 Å². The van der Waals surface area contributed by atoms with Crippen molar-refractivity contribution in [3.05, 3.63) is 66.7 Å². The largest absolute Gasteiger partial charge is 0.424 e. The van der Waals surface area contributed by atoms with Gasteiger partial charge in [-0.1, -0.05) is 48.6 Å². The van der Waals surface area contributed by atoms with E-state index in [1.807, 2.05) is 67.6 Å². The molecule has 0 bridgehead atoms. The Bertz CT molecular complexity index is 750. The van der Waals surface area contributed by atoms with Crippen LogP contribution in [-0.4, -0.2) is 15.3 Å². The lowest BCUT2D eigenvalue weighted by atomic mass is 10.1. The average Bonchev–Trinajstić information content (AvgIpc) is 2.68. The highest BCUT2D eigenvalue weighted by Gasteiger charge is 2.48. The molecule has 0 heterocycles. The number of allylic oxidation sites excluding steroid dienone is 2. The molecule has 0 amide bonds. The summed E-state index contributed by atoms with van der Waals surface area (Å²) in [6.45, 7) is 2.21. The molecule has 2 aromatic carbocycles. The molecule has 2 atom stereocenters. The van der Waals surface area contributed by atoms with Crippen molar-refractivity contribution in [2.75, 3.05) is 6.61 Å². The number of hydrogen-bond donors (Lipinski definition) is 0. The molecule has 0 saturated heterocycles. The first-order valence-electron chi connectivity index (χ1n) is 8.80. The summed E-state index contributed by atoms with van der Waals surface area (Å²) in [4.78, 5) is 0. The van der Waals surface area contributed by atoms with Gasteiger partial charge in [0, 0.05) is 17.3 Å². The van der Waals surface area contributed by atoms with Crippen molar-refractivity contribution in [3.63, 3.8) is 0 Å². The van der Waals surface area contributed by atoms with Crippen LogP contribution in [0.15, 0.2) is 77.0 Å². The molecule has 0 saturated carbocycles. The maximum atomic E-state index is 16.2. The number of halogens is 1. The zero-order valence-electron chi connectivity index (χ0n) is 14.4. The summed E-state index contributed by atoms with van der Waals surface area (Å²) >= 11 is 0. The molecule has 3 nitrogen and oxygen atoms in total. The quantitative estimate of drug-likeness (QED) is 0.276. The van der Waals surface area contributed by atoms with Crippen molar-refractivity contribution in [3.8, 4) is 0 Å². The van der Waals surface area contributed by atoms with E-state index < -0.39 is 8.65 Å². The first-order chi connectivity index (χ1) is 12.2. The maximum Gasteiger partial charge on any atom is 0.424 e. The maximum absolute atomic E-state index is 16.2. The second kappa shape index (κ2) is 8.32. The molecule has 1 aliphatic rings. The number of azo groups is 1. The van der Waals surface area contributed by atoms with Crippen LogP contribution >= 0.6 is 0 Å². The summed E-state index contributed by atoms with van der Waals surface area (Å²) in [6.07, 6.45) is 6.91. The molecule has 2 aromatic rings. The number of rotatable bonds is 6. The van der Waals surface area contributed by atoms with Crippen molar-refractivity contribution in [1.29, 1.82) is 0 Å². The molecule has 130 valence electrons. The topological polar surface area (TPSA) is 34.0 Å². The minimum atomic E-state index is -3.65. The van der Waals surface area contributed by atoms with E-state index in [0.29, 0.717) is 17.5 Å². The lowest BCUT2D eigenvalue weighted by Crippen LogP contribution is -2.51. The fourth-order valence-electron chi connectivity index (χ4n) is 3.17. The SMILES string of the molecule is CCO[Si@@](F)(c1ccccc1N=Nc1ccccc1)C1C=CCCC1. The molecule has 5 heteroatoms. The summed E-state index contributed by atoms with van der Waals surface area (Å²) in [5.41, 5.74) is 1.14. The summed E-state index contributed by atoms with van der Waals surface area (Å²) in [5.74, 6) is 0. The van der Waals surface area contributed by atoms with E-state index in [1.54, 1.807) is 0 Å². The second-order valence-electron chi connectivity index (χ2n) is 6.10. The third-order valence-corrected chi connectivity index (χ3v) is 7.69. The van der Waals surface area contributed by atoms with Gasteiger partial charge in [0.25, 0.3) is 0 Å². The van der Waals surface area contributed by atoms with Gasteiger partial charge in [-0.15, -0.1) is 0 Å². The van der Waals surface area contributed by atoms with Gasteiger partial charge in [-0.2, -0.15) is 10.2 Å². The lowest BCUT2D eigenvalue weighted by molar-refractivity contribution is 0.284. The molecule has 0 radical (unpaired) electrons. The van der Waals surface area contributed by atoms with E-state index in [1.165, 1.54) is 0 Å². The molecular weight excluding hydrogens is 331 g/mol. The summed E-state index contributed by atoms with van der Waals surface area (Å²) in [7, 11) is -3.65. The minimum absolute atomic E-state index is 0.172. The Hall–Kier alpha value is -2.11. The highest BCUT2D eigenvalue weighted by Crippen LogP contribution is 2.36. The van der Waals surface area contributed by atoms with Crippen molar-refractivity contribution in [2.45, 2.75) is 31.7 Å². The average molecular weight is 355 g/mol. The molecule has 0 N–H and O–H groups in total. The van der Waals surface area contributed by atoms with Crippen LogP contribution < -0.4 is 5.19 Å². The van der Waals surface area contributed by atoms with E-state index in [0.717, 1.165) is 24.9 Å². The Morgan fingerprint density at radius 3 is 2.56 bits per heavy atom. The number of benzene rings is 2. The van der Waals surface area contributed by atoms with Crippen LogP contribution in [0.25, 0.3) is 0 Å². The van der Waals surface area contributed by atoms with Gasteiger partial charge in [-0.05, 0) is 44.4 Å². The molecule has 25 heavy (non-hydrogen) atoms. The Balaban J connectivity index is 1.98. The van der Waals surface area contributed by atoms with E-state index in [2.05, 4.69) is 16.3 Å². The molecule has 1 aliphatic carbocycles. The highest BCUT2D eigenvalue weighted by atomic mass is 28.4. The fraction of sp³-hybridized carbons (Fsp3) is 0.300. The summed E-state index contributed by atoms with van der Waals surface area (Å²) in [6, 6.07) is 16.8. The normalized spacial score (nSPS) is 19.8. The van der Waals surface area contributed by atoms with E-state index in [4.69, 9.17) is 4.43 Å². The Morgan fingerprint density at radius 2 is 1.84 bits per heavy atom. The van der Waals surface area contributed by atoms with Crippen LogP contribution in [0.3, 0.4) is 0 Å². The van der Waals surface area contributed by atoms with Gasteiger partial charge < -0.3 is 4.43 Å².